The minimum absolute atomic E-state index is 0.0578. The van der Waals surface area contributed by atoms with Crippen LogP contribution >= 0.6 is 11.8 Å². The van der Waals surface area contributed by atoms with Crippen molar-refractivity contribution >= 4 is 17.7 Å². The molecule has 0 fully saturated rings. The lowest BCUT2D eigenvalue weighted by Gasteiger charge is -2.31. The smallest absolute Gasteiger partial charge is 0.375 e. The first-order chi connectivity index (χ1) is 11.8. The van der Waals surface area contributed by atoms with Crippen LogP contribution < -0.4 is 5.32 Å². The van der Waals surface area contributed by atoms with E-state index in [1.807, 2.05) is 30.3 Å². The Hall–Kier alpha value is -1.99. The van der Waals surface area contributed by atoms with E-state index in [1.165, 1.54) is 36.0 Å². The largest absolute Gasteiger partial charge is 0.423 e. The number of nitrogens with one attached hydrogen (secondary N) is 1. The first kappa shape index (κ1) is 19.3. The zero-order chi connectivity index (χ0) is 18.3. The first-order valence-electron chi connectivity index (χ1n) is 7.62. The number of rotatable bonds is 7. The normalized spacial score (nSPS) is 13.9. The number of amides is 1. The lowest BCUT2D eigenvalue weighted by atomic mass is 9.93. The molecule has 2 rings (SSSR count). The van der Waals surface area contributed by atoms with Gasteiger partial charge in [-0.3, -0.25) is 4.79 Å². The molecule has 0 aliphatic heterocycles. The van der Waals surface area contributed by atoms with Crippen molar-refractivity contribution in [3.63, 3.8) is 0 Å². The number of hydrogen-bond donors (Lipinski definition) is 2. The Labute approximate surface area is 148 Å². The van der Waals surface area contributed by atoms with Gasteiger partial charge in [0.15, 0.2) is 0 Å². The number of thioether (sulfide) groups is 1. The van der Waals surface area contributed by atoms with Crippen molar-refractivity contribution in [3.05, 3.63) is 66.2 Å². The Morgan fingerprint density at radius 2 is 1.56 bits per heavy atom. The number of aliphatic hydroxyl groups is 1. The van der Waals surface area contributed by atoms with Crippen LogP contribution in [0.4, 0.5) is 13.2 Å². The number of carbonyl (C=O) groups excluding carboxylic acids is 1. The van der Waals surface area contributed by atoms with Gasteiger partial charge in [0.25, 0.3) is 0 Å². The number of carbonyl (C=O) groups is 1. The van der Waals surface area contributed by atoms with Gasteiger partial charge >= 0.3 is 6.18 Å². The molecular weight excluding hydrogens is 351 g/mol. The van der Waals surface area contributed by atoms with E-state index in [0.29, 0.717) is 5.75 Å². The highest BCUT2D eigenvalue weighted by atomic mass is 32.2. The third-order valence-electron chi connectivity index (χ3n) is 3.60. The summed E-state index contributed by atoms with van der Waals surface area (Å²) >= 11 is 1.44. The predicted octanol–water partition coefficient (Wildman–Crippen LogP) is 3.74. The van der Waals surface area contributed by atoms with Crippen molar-refractivity contribution in [2.45, 2.75) is 23.1 Å². The van der Waals surface area contributed by atoms with Crippen molar-refractivity contribution in [2.24, 2.45) is 0 Å². The standard InChI is InChI=1S/C18H18F3NO2S/c19-18(20,21)17(24,14-7-3-1-4-8-14)13-22-16(23)11-12-25-15-9-5-2-6-10-15/h1-10,24H,11-13H2,(H,22,23)/t17-/m1/s1. The van der Waals surface area contributed by atoms with Crippen LogP contribution in [-0.2, 0) is 10.4 Å². The number of alkyl halides is 3. The van der Waals surface area contributed by atoms with E-state index >= 15 is 0 Å². The molecule has 1 atom stereocenters. The fraction of sp³-hybridized carbons (Fsp3) is 0.278. The third-order valence-corrected chi connectivity index (χ3v) is 4.62. The third kappa shape index (κ3) is 5.24. The number of benzene rings is 2. The first-order valence-corrected chi connectivity index (χ1v) is 8.61. The van der Waals surface area contributed by atoms with Gasteiger partial charge in [-0.1, -0.05) is 48.5 Å². The van der Waals surface area contributed by atoms with Gasteiger partial charge in [-0.2, -0.15) is 13.2 Å². The van der Waals surface area contributed by atoms with Gasteiger partial charge in [-0.25, -0.2) is 0 Å². The SMILES string of the molecule is O=C(CCSc1ccccc1)NC[C@@](O)(c1ccccc1)C(F)(F)F. The molecule has 2 aromatic rings. The van der Waals surface area contributed by atoms with Crippen molar-refractivity contribution in [1.29, 1.82) is 0 Å². The quantitative estimate of drug-likeness (QED) is 0.731. The van der Waals surface area contributed by atoms with E-state index in [1.54, 1.807) is 6.07 Å². The maximum absolute atomic E-state index is 13.3. The molecule has 0 saturated heterocycles. The molecule has 0 unspecified atom stereocenters. The molecule has 0 bridgehead atoms. The highest BCUT2D eigenvalue weighted by molar-refractivity contribution is 7.99. The molecule has 0 aliphatic rings. The molecule has 0 radical (unpaired) electrons. The zero-order valence-electron chi connectivity index (χ0n) is 13.3. The van der Waals surface area contributed by atoms with Gasteiger partial charge in [0.1, 0.15) is 0 Å². The van der Waals surface area contributed by atoms with Gasteiger partial charge in [0, 0.05) is 17.1 Å². The second-order valence-electron chi connectivity index (χ2n) is 5.41. The molecule has 3 nitrogen and oxygen atoms in total. The zero-order valence-corrected chi connectivity index (χ0v) is 14.1. The van der Waals surface area contributed by atoms with E-state index in [9.17, 15) is 23.1 Å². The summed E-state index contributed by atoms with van der Waals surface area (Å²) in [5, 5.41) is 12.3. The lowest BCUT2D eigenvalue weighted by molar-refractivity contribution is -0.264. The molecule has 25 heavy (non-hydrogen) atoms. The highest BCUT2D eigenvalue weighted by Gasteiger charge is 2.55. The van der Waals surface area contributed by atoms with Gasteiger partial charge in [-0.15, -0.1) is 11.8 Å². The van der Waals surface area contributed by atoms with Gasteiger partial charge in [-0.05, 0) is 17.7 Å². The van der Waals surface area contributed by atoms with Crippen molar-refractivity contribution in [3.8, 4) is 0 Å². The minimum Gasteiger partial charge on any atom is -0.375 e. The van der Waals surface area contributed by atoms with Crippen LogP contribution in [0.1, 0.15) is 12.0 Å². The minimum atomic E-state index is -4.90. The summed E-state index contributed by atoms with van der Waals surface area (Å²) in [4.78, 5) is 12.8. The van der Waals surface area contributed by atoms with Crippen LogP contribution in [0.5, 0.6) is 0 Å². The molecule has 0 aromatic heterocycles. The fourth-order valence-corrected chi connectivity index (χ4v) is 3.05. The summed E-state index contributed by atoms with van der Waals surface area (Å²) in [7, 11) is 0. The summed E-state index contributed by atoms with van der Waals surface area (Å²) in [6.45, 7) is -0.921. The van der Waals surface area contributed by atoms with Gasteiger partial charge in [0.2, 0.25) is 11.5 Å². The van der Waals surface area contributed by atoms with Crippen LogP contribution in [0.15, 0.2) is 65.6 Å². The van der Waals surface area contributed by atoms with Crippen LogP contribution in [0, 0.1) is 0 Å². The summed E-state index contributed by atoms with van der Waals surface area (Å²) in [5.41, 5.74) is -3.42. The second-order valence-corrected chi connectivity index (χ2v) is 6.58. The maximum Gasteiger partial charge on any atom is 0.423 e. The summed E-state index contributed by atoms with van der Waals surface area (Å²) in [6.07, 6.45) is -4.84. The van der Waals surface area contributed by atoms with Gasteiger partial charge < -0.3 is 10.4 Å². The van der Waals surface area contributed by atoms with Crippen LogP contribution in [-0.4, -0.2) is 29.5 Å². The maximum atomic E-state index is 13.3. The molecule has 1 amide bonds. The van der Waals surface area contributed by atoms with Crippen LogP contribution in [0.25, 0.3) is 0 Å². The van der Waals surface area contributed by atoms with Crippen molar-refractivity contribution in [2.75, 3.05) is 12.3 Å². The molecule has 0 saturated carbocycles. The van der Waals surface area contributed by atoms with Crippen molar-refractivity contribution < 1.29 is 23.1 Å². The lowest BCUT2D eigenvalue weighted by Crippen LogP contribution is -2.51. The molecule has 0 heterocycles. The van der Waals surface area contributed by atoms with Gasteiger partial charge in [0.05, 0.1) is 6.54 Å². The summed E-state index contributed by atoms with van der Waals surface area (Å²) < 4.78 is 39.9. The van der Waals surface area contributed by atoms with E-state index in [0.717, 1.165) is 4.90 Å². The molecule has 2 N–H and O–H groups in total. The molecule has 2 aromatic carbocycles. The fourth-order valence-electron chi connectivity index (χ4n) is 2.17. The summed E-state index contributed by atoms with van der Waals surface area (Å²) in [5.74, 6) is -0.104. The topological polar surface area (TPSA) is 49.3 Å². The van der Waals surface area contributed by atoms with E-state index in [-0.39, 0.29) is 12.0 Å². The summed E-state index contributed by atoms with van der Waals surface area (Å²) in [6, 6.07) is 16.1. The molecule has 7 heteroatoms. The Balaban J connectivity index is 1.91. The Morgan fingerprint density at radius 1 is 1.00 bits per heavy atom. The monoisotopic (exact) mass is 369 g/mol. The Kier molecular flexibility index (Phi) is 6.50. The van der Waals surface area contributed by atoms with E-state index < -0.39 is 24.2 Å². The number of hydrogen-bond acceptors (Lipinski definition) is 3. The molecular formula is C18H18F3NO2S. The Morgan fingerprint density at radius 3 is 2.12 bits per heavy atom. The Bertz CT molecular complexity index is 680. The molecule has 0 aliphatic carbocycles. The average Bonchev–Trinajstić information content (AvgIpc) is 2.60. The van der Waals surface area contributed by atoms with E-state index in [4.69, 9.17) is 0 Å². The van der Waals surface area contributed by atoms with E-state index in [2.05, 4.69) is 5.32 Å². The number of halogens is 3. The second kappa shape index (κ2) is 8.40. The van der Waals surface area contributed by atoms with Crippen molar-refractivity contribution in [1.82, 2.24) is 5.32 Å². The van der Waals surface area contributed by atoms with Crippen LogP contribution in [0.2, 0.25) is 0 Å². The molecule has 0 spiro atoms. The average molecular weight is 369 g/mol. The highest BCUT2D eigenvalue weighted by Crippen LogP contribution is 2.38. The van der Waals surface area contributed by atoms with Crippen LogP contribution in [0.3, 0.4) is 0 Å². The predicted molar refractivity (Wildman–Crippen MR) is 91.2 cm³/mol. The molecule has 134 valence electrons.